The van der Waals surface area contributed by atoms with E-state index in [4.69, 9.17) is 0 Å². The maximum absolute atomic E-state index is 12.1. The summed E-state index contributed by atoms with van der Waals surface area (Å²) in [6.45, 7) is 3.35. The lowest BCUT2D eigenvalue weighted by Crippen LogP contribution is -2.43. The van der Waals surface area contributed by atoms with Gasteiger partial charge in [-0.15, -0.1) is 0 Å². The highest BCUT2D eigenvalue weighted by atomic mass is 16.2. The van der Waals surface area contributed by atoms with Crippen molar-refractivity contribution in [3.05, 3.63) is 35.9 Å². The van der Waals surface area contributed by atoms with E-state index in [9.17, 15) is 9.59 Å². The first-order valence-corrected chi connectivity index (χ1v) is 7.31. The number of amides is 2. The van der Waals surface area contributed by atoms with Gasteiger partial charge in [-0.1, -0.05) is 18.2 Å². The molecule has 108 valence electrons. The van der Waals surface area contributed by atoms with Crippen molar-refractivity contribution < 1.29 is 9.59 Å². The topological polar surface area (TPSA) is 49.4 Å². The van der Waals surface area contributed by atoms with Crippen LogP contribution in [0.1, 0.15) is 43.0 Å². The van der Waals surface area contributed by atoms with E-state index in [0.29, 0.717) is 24.6 Å². The second-order valence-corrected chi connectivity index (χ2v) is 5.30. The Morgan fingerprint density at radius 1 is 1.25 bits per heavy atom. The summed E-state index contributed by atoms with van der Waals surface area (Å²) in [6, 6.07) is 9.40. The Bertz CT molecular complexity index is 459. The van der Waals surface area contributed by atoms with Crippen LogP contribution in [0.4, 0.5) is 0 Å². The largest absolute Gasteiger partial charge is 0.352 e. The van der Waals surface area contributed by atoms with Crippen molar-refractivity contribution in [3.63, 3.8) is 0 Å². The fourth-order valence-electron chi connectivity index (χ4n) is 2.59. The van der Waals surface area contributed by atoms with Crippen LogP contribution in [0.2, 0.25) is 0 Å². The number of carbonyl (C=O) groups is 2. The Balaban J connectivity index is 1.75. The summed E-state index contributed by atoms with van der Waals surface area (Å²) < 4.78 is 0. The van der Waals surface area contributed by atoms with Gasteiger partial charge in [-0.2, -0.15) is 0 Å². The molecule has 1 atom stereocenters. The Hall–Kier alpha value is -1.84. The van der Waals surface area contributed by atoms with Crippen LogP contribution in [-0.4, -0.2) is 35.8 Å². The summed E-state index contributed by atoms with van der Waals surface area (Å²) in [5.74, 6) is 0.0238. The zero-order valence-corrected chi connectivity index (χ0v) is 12.0. The van der Waals surface area contributed by atoms with Crippen molar-refractivity contribution in [1.82, 2.24) is 10.2 Å². The molecule has 1 aliphatic heterocycles. The SMILES string of the molecule is C[C@H]1CCCCN1C(=O)CCNC(=O)c1ccccc1. The minimum Gasteiger partial charge on any atom is -0.352 e. The molecule has 1 aromatic carbocycles. The Morgan fingerprint density at radius 2 is 2.00 bits per heavy atom. The highest BCUT2D eigenvalue weighted by molar-refractivity contribution is 5.94. The van der Waals surface area contributed by atoms with Gasteiger partial charge >= 0.3 is 0 Å². The number of nitrogens with zero attached hydrogens (tertiary/aromatic N) is 1. The smallest absolute Gasteiger partial charge is 0.251 e. The molecule has 1 fully saturated rings. The number of nitrogens with one attached hydrogen (secondary N) is 1. The molecule has 2 rings (SSSR count). The number of hydrogen-bond donors (Lipinski definition) is 1. The van der Waals surface area contributed by atoms with E-state index in [-0.39, 0.29) is 11.8 Å². The third-order valence-corrected chi connectivity index (χ3v) is 3.78. The van der Waals surface area contributed by atoms with Crippen molar-refractivity contribution in [2.75, 3.05) is 13.1 Å². The van der Waals surface area contributed by atoms with Crippen LogP contribution in [0.25, 0.3) is 0 Å². The summed E-state index contributed by atoms with van der Waals surface area (Å²) >= 11 is 0. The molecule has 20 heavy (non-hydrogen) atoms. The zero-order chi connectivity index (χ0) is 14.4. The zero-order valence-electron chi connectivity index (χ0n) is 12.0. The Labute approximate surface area is 120 Å². The molecule has 0 aromatic heterocycles. The molecule has 1 aromatic rings. The van der Waals surface area contributed by atoms with Gasteiger partial charge in [-0.25, -0.2) is 0 Å². The molecule has 1 N–H and O–H groups in total. The van der Waals surface area contributed by atoms with Crippen molar-refractivity contribution in [2.24, 2.45) is 0 Å². The number of likely N-dealkylation sites (tertiary alicyclic amines) is 1. The molecule has 4 heteroatoms. The lowest BCUT2D eigenvalue weighted by molar-refractivity contribution is -0.134. The van der Waals surface area contributed by atoms with Crippen molar-refractivity contribution in [2.45, 2.75) is 38.6 Å². The number of hydrogen-bond acceptors (Lipinski definition) is 2. The molecule has 0 unspecified atom stereocenters. The minimum atomic E-state index is -0.120. The fraction of sp³-hybridized carbons (Fsp3) is 0.500. The van der Waals surface area contributed by atoms with Crippen LogP contribution in [-0.2, 0) is 4.79 Å². The first-order chi connectivity index (χ1) is 9.68. The molecule has 0 radical (unpaired) electrons. The summed E-state index contributed by atoms with van der Waals surface area (Å²) in [7, 11) is 0. The van der Waals surface area contributed by atoms with Crippen LogP contribution >= 0.6 is 0 Å². The van der Waals surface area contributed by atoms with Gasteiger partial charge in [0.1, 0.15) is 0 Å². The normalized spacial score (nSPS) is 18.6. The molecule has 2 amide bonds. The van der Waals surface area contributed by atoms with Gasteiger partial charge in [0.15, 0.2) is 0 Å². The van der Waals surface area contributed by atoms with Crippen LogP contribution < -0.4 is 5.32 Å². The average Bonchev–Trinajstić information content (AvgIpc) is 2.48. The molecule has 1 heterocycles. The highest BCUT2D eigenvalue weighted by Crippen LogP contribution is 2.16. The van der Waals surface area contributed by atoms with Gasteiger partial charge in [0, 0.05) is 31.1 Å². The van der Waals surface area contributed by atoms with Crippen LogP contribution in [0.3, 0.4) is 0 Å². The number of benzene rings is 1. The van der Waals surface area contributed by atoms with Gasteiger partial charge in [0.2, 0.25) is 5.91 Å². The van der Waals surface area contributed by atoms with E-state index < -0.39 is 0 Å². The molecule has 0 aliphatic carbocycles. The quantitative estimate of drug-likeness (QED) is 0.915. The number of carbonyl (C=O) groups excluding carboxylic acids is 2. The van der Waals surface area contributed by atoms with Gasteiger partial charge in [-0.05, 0) is 38.3 Å². The number of rotatable bonds is 4. The average molecular weight is 274 g/mol. The first kappa shape index (κ1) is 14.6. The summed E-state index contributed by atoms with van der Waals surface area (Å²) in [4.78, 5) is 25.9. The van der Waals surface area contributed by atoms with Crippen molar-refractivity contribution >= 4 is 11.8 Å². The van der Waals surface area contributed by atoms with Gasteiger partial charge in [0.05, 0.1) is 0 Å². The lowest BCUT2D eigenvalue weighted by atomic mass is 10.0. The van der Waals surface area contributed by atoms with Gasteiger partial charge < -0.3 is 10.2 Å². The predicted octanol–water partition coefficient (Wildman–Crippen LogP) is 2.21. The molecule has 0 spiro atoms. The van der Waals surface area contributed by atoms with E-state index in [1.807, 2.05) is 23.1 Å². The first-order valence-electron chi connectivity index (χ1n) is 7.31. The van der Waals surface area contributed by atoms with Gasteiger partial charge in [0.25, 0.3) is 5.91 Å². The Kier molecular flexibility index (Phi) is 5.16. The third-order valence-electron chi connectivity index (χ3n) is 3.78. The van der Waals surface area contributed by atoms with E-state index in [1.54, 1.807) is 12.1 Å². The number of piperidine rings is 1. The summed E-state index contributed by atoms with van der Waals surface area (Å²) in [5, 5.41) is 2.80. The van der Waals surface area contributed by atoms with Crippen LogP contribution in [0.5, 0.6) is 0 Å². The summed E-state index contributed by atoms with van der Waals surface area (Å²) in [5.41, 5.74) is 0.631. The second-order valence-electron chi connectivity index (χ2n) is 5.30. The monoisotopic (exact) mass is 274 g/mol. The van der Waals surface area contributed by atoms with E-state index in [2.05, 4.69) is 12.2 Å². The Morgan fingerprint density at radius 3 is 2.70 bits per heavy atom. The van der Waals surface area contributed by atoms with Crippen LogP contribution in [0, 0.1) is 0 Å². The minimum absolute atomic E-state index is 0.120. The molecule has 1 aliphatic rings. The highest BCUT2D eigenvalue weighted by Gasteiger charge is 2.22. The molecule has 0 saturated carbocycles. The van der Waals surface area contributed by atoms with E-state index >= 15 is 0 Å². The van der Waals surface area contributed by atoms with E-state index in [1.165, 1.54) is 6.42 Å². The standard InChI is InChI=1S/C16H22N2O2/c1-13-7-5-6-12-18(13)15(19)10-11-17-16(20)14-8-3-2-4-9-14/h2-4,8-9,13H,5-7,10-12H2,1H3,(H,17,20)/t13-/m0/s1. The fourth-order valence-corrected chi connectivity index (χ4v) is 2.59. The van der Waals surface area contributed by atoms with Gasteiger partial charge in [-0.3, -0.25) is 9.59 Å². The lowest BCUT2D eigenvalue weighted by Gasteiger charge is -2.33. The predicted molar refractivity (Wildman–Crippen MR) is 78.4 cm³/mol. The van der Waals surface area contributed by atoms with Crippen molar-refractivity contribution in [3.8, 4) is 0 Å². The third kappa shape index (κ3) is 3.83. The van der Waals surface area contributed by atoms with Crippen molar-refractivity contribution in [1.29, 1.82) is 0 Å². The molecular weight excluding hydrogens is 252 g/mol. The molecule has 1 saturated heterocycles. The molecule has 4 nitrogen and oxygen atoms in total. The molecule has 0 bridgehead atoms. The van der Waals surface area contributed by atoms with E-state index in [0.717, 1.165) is 19.4 Å². The summed E-state index contributed by atoms with van der Waals surface area (Å²) in [6.07, 6.45) is 3.76. The maximum atomic E-state index is 12.1. The maximum Gasteiger partial charge on any atom is 0.251 e. The molecular formula is C16H22N2O2. The second kappa shape index (κ2) is 7.08. The van der Waals surface area contributed by atoms with Crippen LogP contribution in [0.15, 0.2) is 30.3 Å².